The maximum absolute atomic E-state index is 11.7. The van der Waals surface area contributed by atoms with E-state index in [1.54, 1.807) is 0 Å². The zero-order valence-corrected chi connectivity index (χ0v) is 10.8. The largest absolute Gasteiger partial charge is 0.212 e. The van der Waals surface area contributed by atoms with Gasteiger partial charge in [0.15, 0.2) is 0 Å². The lowest BCUT2D eigenvalue weighted by Gasteiger charge is -2.21. The van der Waals surface area contributed by atoms with Crippen LogP contribution < -0.4 is 4.72 Å². The third kappa shape index (κ3) is 7.40. The molecule has 0 aliphatic rings. The van der Waals surface area contributed by atoms with Crippen molar-refractivity contribution in [3.63, 3.8) is 0 Å². The Kier molecular flexibility index (Phi) is 5.33. The second-order valence-electron chi connectivity index (χ2n) is 4.95. The number of nitrogens with one attached hydrogen (secondary N) is 1. The van der Waals surface area contributed by atoms with Crippen LogP contribution >= 0.6 is 0 Å². The SMILES string of the molecule is C#CCC(CC)NS(=O)(=O)CC(C)(C)C. The first-order valence-corrected chi connectivity index (χ1v) is 6.79. The van der Waals surface area contributed by atoms with Crippen LogP contribution in [0.5, 0.6) is 0 Å². The lowest BCUT2D eigenvalue weighted by molar-refractivity contribution is 0.452. The van der Waals surface area contributed by atoms with Crippen LogP contribution in [0.4, 0.5) is 0 Å². The first-order valence-electron chi connectivity index (χ1n) is 5.13. The van der Waals surface area contributed by atoms with Crippen LogP contribution in [0.1, 0.15) is 40.5 Å². The second-order valence-corrected chi connectivity index (χ2v) is 6.70. The molecule has 0 aromatic carbocycles. The van der Waals surface area contributed by atoms with Crippen LogP contribution in [0.25, 0.3) is 0 Å². The van der Waals surface area contributed by atoms with Gasteiger partial charge in [0.05, 0.1) is 5.75 Å². The Morgan fingerprint density at radius 1 is 1.40 bits per heavy atom. The van der Waals surface area contributed by atoms with E-state index >= 15 is 0 Å². The molecule has 15 heavy (non-hydrogen) atoms. The Balaban J connectivity index is 4.44. The van der Waals surface area contributed by atoms with Gasteiger partial charge in [0, 0.05) is 12.5 Å². The van der Waals surface area contributed by atoms with Gasteiger partial charge < -0.3 is 0 Å². The van der Waals surface area contributed by atoms with Crippen molar-refractivity contribution in [3.8, 4) is 12.3 Å². The van der Waals surface area contributed by atoms with Crippen molar-refractivity contribution in [2.45, 2.75) is 46.6 Å². The predicted molar refractivity (Wildman–Crippen MR) is 63.9 cm³/mol. The third-order valence-electron chi connectivity index (χ3n) is 1.83. The molecule has 0 rings (SSSR count). The smallest absolute Gasteiger partial charge is 0.212 e. The van der Waals surface area contributed by atoms with Gasteiger partial charge in [-0.15, -0.1) is 12.3 Å². The van der Waals surface area contributed by atoms with Crippen molar-refractivity contribution < 1.29 is 8.42 Å². The highest BCUT2D eigenvalue weighted by Gasteiger charge is 2.23. The molecule has 0 saturated heterocycles. The van der Waals surface area contributed by atoms with Gasteiger partial charge >= 0.3 is 0 Å². The minimum atomic E-state index is -3.22. The summed E-state index contributed by atoms with van der Waals surface area (Å²) in [7, 11) is -3.22. The fourth-order valence-electron chi connectivity index (χ4n) is 1.28. The highest BCUT2D eigenvalue weighted by atomic mass is 32.2. The fraction of sp³-hybridized carbons (Fsp3) is 0.818. The normalized spacial score (nSPS) is 14.6. The summed E-state index contributed by atoms with van der Waals surface area (Å²) in [6, 6.07) is -0.137. The topological polar surface area (TPSA) is 46.2 Å². The van der Waals surface area contributed by atoms with E-state index in [4.69, 9.17) is 6.42 Å². The minimum Gasteiger partial charge on any atom is -0.212 e. The maximum atomic E-state index is 11.7. The first kappa shape index (κ1) is 14.5. The summed E-state index contributed by atoms with van der Waals surface area (Å²) in [6.07, 6.45) is 6.33. The molecule has 0 fully saturated rings. The van der Waals surface area contributed by atoms with E-state index in [2.05, 4.69) is 10.6 Å². The number of hydrogen-bond donors (Lipinski definition) is 1. The monoisotopic (exact) mass is 231 g/mol. The van der Waals surface area contributed by atoms with Crippen molar-refractivity contribution in [2.24, 2.45) is 5.41 Å². The Labute approximate surface area is 93.7 Å². The third-order valence-corrected chi connectivity index (χ3v) is 3.76. The molecule has 0 spiro atoms. The van der Waals surface area contributed by atoms with E-state index in [-0.39, 0.29) is 17.2 Å². The molecule has 0 amide bonds. The summed E-state index contributed by atoms with van der Waals surface area (Å²) in [5.41, 5.74) is -0.236. The Hall–Kier alpha value is -0.530. The van der Waals surface area contributed by atoms with Crippen molar-refractivity contribution in [3.05, 3.63) is 0 Å². The summed E-state index contributed by atoms with van der Waals surface area (Å²) >= 11 is 0. The summed E-state index contributed by atoms with van der Waals surface area (Å²) in [4.78, 5) is 0. The van der Waals surface area contributed by atoms with Gasteiger partial charge in [-0.05, 0) is 11.8 Å². The van der Waals surface area contributed by atoms with E-state index in [1.807, 2.05) is 27.7 Å². The lowest BCUT2D eigenvalue weighted by Crippen LogP contribution is -2.38. The van der Waals surface area contributed by atoms with E-state index < -0.39 is 10.0 Å². The molecular weight excluding hydrogens is 210 g/mol. The van der Waals surface area contributed by atoms with E-state index in [9.17, 15) is 8.42 Å². The molecule has 0 radical (unpaired) electrons. The minimum absolute atomic E-state index is 0.126. The van der Waals surface area contributed by atoms with Crippen molar-refractivity contribution >= 4 is 10.0 Å². The van der Waals surface area contributed by atoms with Crippen LogP contribution in [0.15, 0.2) is 0 Å². The summed E-state index contributed by atoms with van der Waals surface area (Å²) in [5.74, 6) is 2.60. The van der Waals surface area contributed by atoms with Crippen molar-refractivity contribution in [1.29, 1.82) is 0 Å². The molecule has 0 aromatic heterocycles. The van der Waals surface area contributed by atoms with Crippen LogP contribution in [0, 0.1) is 17.8 Å². The molecule has 1 unspecified atom stereocenters. The molecule has 1 N–H and O–H groups in total. The lowest BCUT2D eigenvalue weighted by atomic mass is 10.0. The van der Waals surface area contributed by atoms with E-state index in [0.29, 0.717) is 12.8 Å². The molecule has 0 aromatic rings. The van der Waals surface area contributed by atoms with Crippen LogP contribution in [0.3, 0.4) is 0 Å². The summed E-state index contributed by atoms with van der Waals surface area (Å²) < 4.78 is 26.1. The number of rotatable bonds is 5. The van der Waals surface area contributed by atoms with E-state index in [0.717, 1.165) is 0 Å². The molecule has 3 nitrogen and oxygen atoms in total. The van der Waals surface area contributed by atoms with Gasteiger partial charge in [0.2, 0.25) is 10.0 Å². The van der Waals surface area contributed by atoms with Crippen LogP contribution in [-0.4, -0.2) is 20.2 Å². The van der Waals surface area contributed by atoms with Gasteiger partial charge in [-0.25, -0.2) is 13.1 Å². The molecule has 4 heteroatoms. The quantitative estimate of drug-likeness (QED) is 0.733. The maximum Gasteiger partial charge on any atom is 0.212 e. The Bertz CT molecular complexity index is 319. The highest BCUT2D eigenvalue weighted by molar-refractivity contribution is 7.89. The number of hydrogen-bond acceptors (Lipinski definition) is 2. The zero-order valence-electron chi connectivity index (χ0n) is 10.0. The fourth-order valence-corrected chi connectivity index (χ4v) is 3.26. The molecule has 0 aliphatic carbocycles. The average Bonchev–Trinajstić information content (AvgIpc) is 1.98. The number of sulfonamides is 1. The molecule has 1 atom stereocenters. The standard InChI is InChI=1S/C11H21NO2S/c1-6-8-10(7-2)12-15(13,14)9-11(3,4)5/h1,10,12H,7-9H2,2-5H3. The first-order chi connectivity index (χ1) is 6.70. The molecule has 88 valence electrons. The van der Waals surface area contributed by atoms with Gasteiger partial charge in [0.1, 0.15) is 0 Å². The predicted octanol–water partition coefficient (Wildman–Crippen LogP) is 1.75. The van der Waals surface area contributed by atoms with Crippen LogP contribution in [0.2, 0.25) is 0 Å². The summed E-state index contributed by atoms with van der Waals surface area (Å²) in [6.45, 7) is 7.61. The number of terminal acetylenes is 1. The molecule has 0 bridgehead atoms. The van der Waals surface area contributed by atoms with Gasteiger partial charge in [-0.1, -0.05) is 27.7 Å². The highest BCUT2D eigenvalue weighted by Crippen LogP contribution is 2.16. The Morgan fingerprint density at radius 2 is 1.93 bits per heavy atom. The molecule has 0 saturated carbocycles. The molecule has 0 heterocycles. The second kappa shape index (κ2) is 5.53. The van der Waals surface area contributed by atoms with E-state index in [1.165, 1.54) is 0 Å². The summed E-state index contributed by atoms with van der Waals surface area (Å²) in [5, 5.41) is 0. The molecule has 0 aliphatic heterocycles. The zero-order chi connectivity index (χ0) is 12.1. The molecular formula is C11H21NO2S. The average molecular weight is 231 g/mol. The van der Waals surface area contributed by atoms with Crippen molar-refractivity contribution in [1.82, 2.24) is 4.72 Å². The van der Waals surface area contributed by atoms with Crippen LogP contribution in [-0.2, 0) is 10.0 Å². The van der Waals surface area contributed by atoms with Gasteiger partial charge in [-0.3, -0.25) is 0 Å². The Morgan fingerprint density at radius 3 is 2.27 bits per heavy atom. The van der Waals surface area contributed by atoms with Gasteiger partial charge in [0.25, 0.3) is 0 Å². The van der Waals surface area contributed by atoms with Gasteiger partial charge in [-0.2, -0.15) is 0 Å². The van der Waals surface area contributed by atoms with Crippen molar-refractivity contribution in [2.75, 3.05) is 5.75 Å².